The summed E-state index contributed by atoms with van der Waals surface area (Å²) in [6, 6.07) is 8.45. The van der Waals surface area contributed by atoms with Crippen LogP contribution in [0.25, 0.3) is 0 Å². The van der Waals surface area contributed by atoms with Crippen molar-refractivity contribution in [1.82, 2.24) is 0 Å². The van der Waals surface area contributed by atoms with Gasteiger partial charge < -0.3 is 4.53 Å². The van der Waals surface area contributed by atoms with Crippen molar-refractivity contribution >= 4 is 14.7 Å². The monoisotopic (exact) mass is 237 g/mol. The molecule has 0 spiro atoms. The molecule has 90 valence electrons. The first-order valence-electron chi connectivity index (χ1n) is 5.82. The first-order valence-corrected chi connectivity index (χ1v) is 8.60. The highest BCUT2D eigenvalue weighted by atomic mass is 28.3. The topological polar surface area (TPSA) is 12.5 Å². The van der Waals surface area contributed by atoms with Crippen molar-refractivity contribution in [3.8, 4) is 0 Å². The summed E-state index contributed by atoms with van der Waals surface area (Å²) < 4.78 is 5.84. The third kappa shape index (κ3) is 3.35. The van der Waals surface area contributed by atoms with Gasteiger partial charge in [0.15, 0.2) is 0 Å². The summed E-state index contributed by atoms with van der Waals surface area (Å²) in [6.07, 6.45) is 0. The van der Waals surface area contributed by atoms with E-state index in [1.54, 1.807) is 0 Å². The quantitative estimate of drug-likeness (QED) is 0.590. The van der Waals surface area contributed by atoms with Crippen molar-refractivity contribution in [2.45, 2.75) is 39.3 Å². The van der Waals surface area contributed by atoms with Crippen molar-refractivity contribution in [3.63, 3.8) is 0 Å². The van der Waals surface area contributed by atoms with E-state index in [2.05, 4.69) is 58.1 Å². The van der Waals surface area contributed by atoms with Gasteiger partial charge in [-0.15, -0.1) is 0 Å². The lowest BCUT2D eigenvalue weighted by molar-refractivity contribution is 0.309. The molecule has 0 fully saturated rings. The Hall–Kier alpha value is -0.803. The molecule has 16 heavy (non-hydrogen) atoms. The highest BCUT2D eigenvalue weighted by molar-refractivity contribution is 6.48. The van der Waals surface area contributed by atoms with Gasteiger partial charge >= 0.3 is 0 Å². The molecule has 2 nitrogen and oxygen atoms in total. The summed E-state index contributed by atoms with van der Waals surface area (Å²) in [6.45, 7) is 11.0. The normalized spacial score (nSPS) is 11.9. The zero-order valence-corrected chi connectivity index (χ0v) is 12.4. The SMILES string of the molecule is CN(O[SiH](C)C)c1ccccc1C(C)(C)C. The van der Waals surface area contributed by atoms with E-state index in [4.69, 9.17) is 4.53 Å². The fraction of sp³-hybridized carbons (Fsp3) is 0.538. The van der Waals surface area contributed by atoms with E-state index in [9.17, 15) is 0 Å². The summed E-state index contributed by atoms with van der Waals surface area (Å²) in [5.74, 6) is 0. The Bertz CT molecular complexity index is 344. The molecule has 0 saturated carbocycles. The molecule has 0 saturated heterocycles. The maximum absolute atomic E-state index is 5.84. The maximum atomic E-state index is 5.84. The molecule has 0 heterocycles. The molecule has 1 aromatic carbocycles. The van der Waals surface area contributed by atoms with Crippen LogP contribution in [0.5, 0.6) is 0 Å². The Morgan fingerprint density at radius 1 is 1.12 bits per heavy atom. The van der Waals surface area contributed by atoms with Gasteiger partial charge in [0.05, 0.1) is 5.69 Å². The number of benzene rings is 1. The molecule has 0 unspecified atom stereocenters. The lowest BCUT2D eigenvalue weighted by Crippen LogP contribution is -2.27. The molecule has 0 amide bonds. The van der Waals surface area contributed by atoms with Crippen LogP contribution in [0, 0.1) is 0 Å². The minimum Gasteiger partial charge on any atom is -0.324 e. The van der Waals surface area contributed by atoms with Gasteiger partial charge in [0.1, 0.15) is 0 Å². The average Bonchev–Trinajstić information content (AvgIpc) is 2.15. The van der Waals surface area contributed by atoms with E-state index >= 15 is 0 Å². The van der Waals surface area contributed by atoms with Gasteiger partial charge in [0.2, 0.25) is 9.04 Å². The second kappa shape index (κ2) is 5.02. The largest absolute Gasteiger partial charge is 0.324 e. The molecule has 0 atom stereocenters. The summed E-state index contributed by atoms with van der Waals surface area (Å²) in [4.78, 5) is 0. The van der Waals surface area contributed by atoms with Crippen LogP contribution in [-0.2, 0) is 9.94 Å². The van der Waals surface area contributed by atoms with Crippen LogP contribution in [0.2, 0.25) is 13.1 Å². The summed E-state index contributed by atoms with van der Waals surface area (Å²) in [7, 11) is 0.951. The van der Waals surface area contributed by atoms with Gasteiger partial charge in [0, 0.05) is 7.05 Å². The minimum atomic E-state index is -1.05. The average molecular weight is 237 g/mol. The predicted molar refractivity (Wildman–Crippen MR) is 73.5 cm³/mol. The lowest BCUT2D eigenvalue weighted by atomic mass is 9.86. The van der Waals surface area contributed by atoms with Gasteiger partial charge in [0.25, 0.3) is 0 Å². The zero-order valence-electron chi connectivity index (χ0n) is 11.2. The van der Waals surface area contributed by atoms with E-state index in [0.29, 0.717) is 0 Å². The first kappa shape index (κ1) is 13.3. The van der Waals surface area contributed by atoms with Crippen LogP contribution in [0.4, 0.5) is 5.69 Å². The Kier molecular flexibility index (Phi) is 4.16. The molecular formula is C13H23NOSi. The molecule has 1 rings (SSSR count). The van der Waals surface area contributed by atoms with Crippen molar-refractivity contribution < 1.29 is 4.53 Å². The van der Waals surface area contributed by atoms with Gasteiger partial charge in [-0.3, -0.25) is 5.06 Å². The molecular weight excluding hydrogens is 214 g/mol. The first-order chi connectivity index (χ1) is 7.32. The fourth-order valence-electron chi connectivity index (χ4n) is 1.76. The highest BCUT2D eigenvalue weighted by Gasteiger charge is 2.19. The number of hydrogen-bond donors (Lipinski definition) is 0. The Balaban J connectivity index is 3.04. The molecule has 0 N–H and O–H groups in total. The number of nitrogens with zero attached hydrogens (tertiary/aromatic N) is 1. The molecule has 0 aliphatic heterocycles. The van der Waals surface area contributed by atoms with Crippen LogP contribution in [0.15, 0.2) is 24.3 Å². The summed E-state index contributed by atoms with van der Waals surface area (Å²) >= 11 is 0. The predicted octanol–water partition coefficient (Wildman–Crippen LogP) is 3.34. The molecule has 0 bridgehead atoms. The third-order valence-electron chi connectivity index (χ3n) is 2.42. The van der Waals surface area contributed by atoms with E-state index in [0.717, 1.165) is 0 Å². The fourth-order valence-corrected chi connectivity index (χ4v) is 2.50. The van der Waals surface area contributed by atoms with Crippen LogP contribution in [0.3, 0.4) is 0 Å². The van der Waals surface area contributed by atoms with Gasteiger partial charge in [-0.2, -0.15) is 0 Å². The standard InChI is InChI=1S/C13H23NOSi/c1-13(2,3)11-9-7-8-10-12(11)14(4)15-16(5)6/h7-10,16H,1-6H3. The van der Waals surface area contributed by atoms with Crippen molar-refractivity contribution in [3.05, 3.63) is 29.8 Å². The van der Waals surface area contributed by atoms with E-state index in [-0.39, 0.29) is 5.41 Å². The van der Waals surface area contributed by atoms with E-state index in [1.165, 1.54) is 11.3 Å². The van der Waals surface area contributed by atoms with Crippen LogP contribution in [0.1, 0.15) is 26.3 Å². The number of hydrogen-bond acceptors (Lipinski definition) is 2. The number of anilines is 1. The van der Waals surface area contributed by atoms with Crippen molar-refractivity contribution in [1.29, 1.82) is 0 Å². The minimum absolute atomic E-state index is 0.146. The molecule has 0 aliphatic carbocycles. The maximum Gasteiger partial charge on any atom is 0.208 e. The number of hydroxylamine groups is 1. The highest BCUT2D eigenvalue weighted by Crippen LogP contribution is 2.31. The molecule has 3 heteroatoms. The van der Waals surface area contributed by atoms with Crippen LogP contribution >= 0.6 is 0 Å². The molecule has 0 radical (unpaired) electrons. The number of para-hydroxylation sites is 1. The summed E-state index contributed by atoms with van der Waals surface area (Å²) in [5.41, 5.74) is 2.65. The van der Waals surface area contributed by atoms with E-state index in [1.807, 2.05) is 12.1 Å². The Morgan fingerprint density at radius 2 is 1.69 bits per heavy atom. The Labute approximate surface area is 101 Å². The van der Waals surface area contributed by atoms with Gasteiger partial charge in [-0.25, -0.2) is 0 Å². The Morgan fingerprint density at radius 3 is 2.19 bits per heavy atom. The van der Waals surface area contributed by atoms with Crippen LogP contribution in [-0.4, -0.2) is 16.1 Å². The second-order valence-electron chi connectivity index (χ2n) is 5.42. The zero-order chi connectivity index (χ0) is 12.3. The molecule has 0 aromatic heterocycles. The molecule has 0 aliphatic rings. The number of rotatable bonds is 3. The van der Waals surface area contributed by atoms with Crippen LogP contribution < -0.4 is 5.06 Å². The van der Waals surface area contributed by atoms with Crippen molar-refractivity contribution in [2.75, 3.05) is 12.1 Å². The third-order valence-corrected chi connectivity index (χ3v) is 3.16. The second-order valence-corrected chi connectivity index (χ2v) is 7.73. The lowest BCUT2D eigenvalue weighted by Gasteiger charge is -2.29. The summed E-state index contributed by atoms with van der Waals surface area (Å²) in [5, 5.41) is 1.93. The molecule has 1 aromatic rings. The van der Waals surface area contributed by atoms with Gasteiger partial charge in [-0.05, 0) is 30.1 Å². The van der Waals surface area contributed by atoms with Crippen molar-refractivity contribution in [2.24, 2.45) is 0 Å². The van der Waals surface area contributed by atoms with Gasteiger partial charge in [-0.1, -0.05) is 39.0 Å². The van der Waals surface area contributed by atoms with E-state index < -0.39 is 9.04 Å². The smallest absolute Gasteiger partial charge is 0.208 e.